The summed E-state index contributed by atoms with van der Waals surface area (Å²) in [4.78, 5) is 2.14. The molecule has 140 valence electrons. The smallest absolute Gasteiger partial charge is 0.123 e. The van der Waals surface area contributed by atoms with E-state index in [1.54, 1.807) is 12.1 Å². The maximum atomic E-state index is 13.2. The predicted octanol–water partition coefficient (Wildman–Crippen LogP) is 5.13. The average molecular weight is 348 g/mol. The first-order valence-electron chi connectivity index (χ1n) is 9.62. The standard InChI is InChI=1S/C22H34FNO/c1-17(14-19-10-12-21(23)13-11-19)22(25,18(2)16-24(3)4)15-20-8-6-5-7-9-20/h10-14,18,20,25H,5-9,15-16H2,1-4H3/b17-14+. The van der Waals surface area contributed by atoms with Crippen molar-refractivity contribution in [1.82, 2.24) is 4.90 Å². The highest BCUT2D eigenvalue weighted by Crippen LogP contribution is 2.39. The summed E-state index contributed by atoms with van der Waals surface area (Å²) >= 11 is 0. The van der Waals surface area contributed by atoms with Crippen LogP contribution in [0.4, 0.5) is 4.39 Å². The fraction of sp³-hybridized carbons (Fsp3) is 0.636. The average Bonchev–Trinajstić information content (AvgIpc) is 2.57. The second-order valence-electron chi connectivity index (χ2n) is 8.17. The molecule has 0 bridgehead atoms. The van der Waals surface area contributed by atoms with Crippen molar-refractivity contribution >= 4 is 6.08 Å². The van der Waals surface area contributed by atoms with Crippen molar-refractivity contribution in [2.45, 2.75) is 58.0 Å². The molecule has 2 nitrogen and oxygen atoms in total. The Morgan fingerprint density at radius 1 is 1.24 bits per heavy atom. The Kier molecular flexibility index (Phi) is 7.21. The first-order chi connectivity index (χ1) is 11.8. The Balaban J connectivity index is 2.26. The van der Waals surface area contributed by atoms with E-state index in [-0.39, 0.29) is 11.7 Å². The van der Waals surface area contributed by atoms with E-state index in [1.807, 2.05) is 13.0 Å². The second-order valence-corrected chi connectivity index (χ2v) is 8.17. The zero-order chi connectivity index (χ0) is 18.4. The summed E-state index contributed by atoms with van der Waals surface area (Å²) in [6.07, 6.45) is 9.18. The summed E-state index contributed by atoms with van der Waals surface area (Å²) in [6.45, 7) is 5.01. The molecule has 1 aromatic carbocycles. The maximum absolute atomic E-state index is 13.2. The monoisotopic (exact) mass is 347 g/mol. The fourth-order valence-electron chi connectivity index (χ4n) is 4.21. The van der Waals surface area contributed by atoms with Gasteiger partial charge in [-0.3, -0.25) is 0 Å². The molecular weight excluding hydrogens is 313 g/mol. The van der Waals surface area contributed by atoms with E-state index >= 15 is 0 Å². The number of halogens is 1. The number of hydrogen-bond donors (Lipinski definition) is 1. The van der Waals surface area contributed by atoms with E-state index in [2.05, 4.69) is 25.9 Å². The number of nitrogens with zero attached hydrogens (tertiary/aromatic N) is 1. The van der Waals surface area contributed by atoms with Crippen molar-refractivity contribution in [3.8, 4) is 0 Å². The van der Waals surface area contributed by atoms with Crippen molar-refractivity contribution in [3.63, 3.8) is 0 Å². The molecule has 0 radical (unpaired) electrons. The van der Waals surface area contributed by atoms with E-state index in [1.165, 1.54) is 44.2 Å². The molecular formula is C22H34FNO. The molecule has 2 atom stereocenters. The molecule has 0 amide bonds. The maximum Gasteiger partial charge on any atom is 0.123 e. The number of aliphatic hydroxyl groups is 1. The molecule has 0 heterocycles. The van der Waals surface area contributed by atoms with Crippen molar-refractivity contribution < 1.29 is 9.50 Å². The van der Waals surface area contributed by atoms with Crippen molar-refractivity contribution in [2.75, 3.05) is 20.6 Å². The van der Waals surface area contributed by atoms with Crippen LogP contribution in [-0.4, -0.2) is 36.2 Å². The Morgan fingerprint density at radius 2 is 1.84 bits per heavy atom. The molecule has 0 saturated heterocycles. The molecule has 1 N–H and O–H groups in total. The Morgan fingerprint density at radius 3 is 2.40 bits per heavy atom. The highest BCUT2D eigenvalue weighted by Gasteiger charge is 2.38. The van der Waals surface area contributed by atoms with E-state index in [9.17, 15) is 9.50 Å². The quantitative estimate of drug-likeness (QED) is 0.739. The first kappa shape index (κ1) is 20.1. The third-order valence-electron chi connectivity index (χ3n) is 5.71. The van der Waals surface area contributed by atoms with Gasteiger partial charge in [0.1, 0.15) is 5.82 Å². The van der Waals surface area contributed by atoms with Gasteiger partial charge in [-0.05, 0) is 56.6 Å². The minimum atomic E-state index is -0.819. The van der Waals surface area contributed by atoms with Crippen LogP contribution < -0.4 is 0 Å². The zero-order valence-corrected chi connectivity index (χ0v) is 16.3. The van der Waals surface area contributed by atoms with Crippen LogP contribution in [0.15, 0.2) is 29.8 Å². The van der Waals surface area contributed by atoms with E-state index < -0.39 is 5.60 Å². The van der Waals surface area contributed by atoms with Gasteiger partial charge >= 0.3 is 0 Å². The molecule has 3 heteroatoms. The lowest BCUT2D eigenvalue weighted by Gasteiger charge is -2.40. The fourth-order valence-corrected chi connectivity index (χ4v) is 4.21. The number of benzene rings is 1. The third-order valence-corrected chi connectivity index (χ3v) is 5.71. The lowest BCUT2D eigenvalue weighted by molar-refractivity contribution is -0.0109. The Hall–Kier alpha value is -1.19. The van der Waals surface area contributed by atoms with Crippen LogP contribution in [0.5, 0.6) is 0 Å². The molecule has 1 aromatic rings. The van der Waals surface area contributed by atoms with Crippen LogP contribution in [0.25, 0.3) is 6.08 Å². The Bertz CT molecular complexity index is 560. The molecule has 0 aromatic heterocycles. The molecule has 0 spiro atoms. The Labute approximate surface area is 152 Å². The van der Waals surface area contributed by atoms with Gasteiger partial charge in [0, 0.05) is 12.5 Å². The van der Waals surface area contributed by atoms with Gasteiger partial charge in [-0.2, -0.15) is 0 Å². The lowest BCUT2D eigenvalue weighted by Crippen LogP contribution is -2.44. The van der Waals surface area contributed by atoms with Crippen molar-refractivity contribution in [3.05, 3.63) is 41.2 Å². The molecule has 0 aliphatic heterocycles. The summed E-state index contributed by atoms with van der Waals surface area (Å²) in [5.74, 6) is 0.509. The molecule has 25 heavy (non-hydrogen) atoms. The van der Waals surface area contributed by atoms with Crippen LogP contribution in [0, 0.1) is 17.7 Å². The summed E-state index contributed by atoms with van der Waals surface area (Å²) < 4.78 is 13.2. The molecule has 1 aliphatic rings. The van der Waals surface area contributed by atoms with Gasteiger partial charge in [0.25, 0.3) is 0 Å². The van der Waals surface area contributed by atoms with Crippen LogP contribution in [0.2, 0.25) is 0 Å². The van der Waals surface area contributed by atoms with Gasteiger partial charge in [-0.1, -0.05) is 57.2 Å². The summed E-state index contributed by atoms with van der Waals surface area (Å²) in [7, 11) is 4.10. The highest BCUT2D eigenvalue weighted by molar-refractivity contribution is 5.54. The molecule has 1 saturated carbocycles. The third kappa shape index (κ3) is 5.65. The van der Waals surface area contributed by atoms with E-state index in [0.717, 1.165) is 24.1 Å². The molecule has 2 rings (SSSR count). The summed E-state index contributed by atoms with van der Waals surface area (Å²) in [5, 5.41) is 11.7. The normalized spacial score (nSPS) is 20.5. The minimum Gasteiger partial charge on any atom is -0.385 e. The summed E-state index contributed by atoms with van der Waals surface area (Å²) in [5.41, 5.74) is 1.11. The molecule has 1 fully saturated rings. The minimum absolute atomic E-state index is 0.140. The van der Waals surface area contributed by atoms with Gasteiger partial charge in [0.15, 0.2) is 0 Å². The van der Waals surface area contributed by atoms with E-state index in [4.69, 9.17) is 0 Å². The van der Waals surface area contributed by atoms with Gasteiger partial charge < -0.3 is 10.0 Å². The van der Waals surface area contributed by atoms with Crippen LogP contribution >= 0.6 is 0 Å². The van der Waals surface area contributed by atoms with Gasteiger partial charge in [-0.25, -0.2) is 4.39 Å². The lowest BCUT2D eigenvalue weighted by atomic mass is 9.72. The highest BCUT2D eigenvalue weighted by atomic mass is 19.1. The van der Waals surface area contributed by atoms with Crippen LogP contribution in [0.3, 0.4) is 0 Å². The van der Waals surface area contributed by atoms with Gasteiger partial charge in [-0.15, -0.1) is 0 Å². The van der Waals surface area contributed by atoms with Gasteiger partial charge in [0.2, 0.25) is 0 Å². The van der Waals surface area contributed by atoms with E-state index in [0.29, 0.717) is 5.92 Å². The SMILES string of the molecule is C/C(=C\c1ccc(F)cc1)C(O)(CC1CCCCC1)C(C)CN(C)C. The summed E-state index contributed by atoms with van der Waals surface area (Å²) in [6, 6.07) is 6.50. The number of hydrogen-bond acceptors (Lipinski definition) is 2. The largest absolute Gasteiger partial charge is 0.385 e. The topological polar surface area (TPSA) is 23.5 Å². The number of rotatable bonds is 7. The predicted molar refractivity (Wildman–Crippen MR) is 104 cm³/mol. The second kappa shape index (κ2) is 8.95. The van der Waals surface area contributed by atoms with Gasteiger partial charge in [0.05, 0.1) is 5.60 Å². The van der Waals surface area contributed by atoms with Crippen molar-refractivity contribution in [1.29, 1.82) is 0 Å². The zero-order valence-electron chi connectivity index (χ0n) is 16.3. The van der Waals surface area contributed by atoms with Crippen LogP contribution in [-0.2, 0) is 0 Å². The molecule has 2 unspecified atom stereocenters. The van der Waals surface area contributed by atoms with Crippen LogP contribution in [0.1, 0.15) is 57.9 Å². The molecule has 1 aliphatic carbocycles. The van der Waals surface area contributed by atoms with Crippen molar-refractivity contribution in [2.24, 2.45) is 11.8 Å². The first-order valence-corrected chi connectivity index (χ1v) is 9.62.